The number of carbonyl (C=O) groups excluding carboxylic acids is 2. The molecule has 0 aliphatic rings. The normalized spacial score (nSPS) is 12.2. The lowest BCUT2D eigenvalue weighted by Gasteiger charge is -2.18. The number of hydrogen-bond acceptors (Lipinski definition) is 3. The molecule has 0 aromatic carbocycles. The summed E-state index contributed by atoms with van der Waals surface area (Å²) in [6.45, 7) is 4.51. The Balaban J connectivity index is 2.31. The standard InChI is InChI=1S/C13H23N5O2/c1-9(2)8-10(18-13(14)20)12(19)17-5-3-4-11-15-6-7-16-11/h6-7,9-10H,3-5,8H2,1-2H3,(H,15,16)(H,17,19)(H3,14,18,20). The summed E-state index contributed by atoms with van der Waals surface area (Å²) in [7, 11) is 0. The van der Waals surface area contributed by atoms with E-state index in [1.807, 2.05) is 13.8 Å². The number of hydrogen-bond donors (Lipinski definition) is 4. The summed E-state index contributed by atoms with van der Waals surface area (Å²) < 4.78 is 0. The predicted molar refractivity (Wildman–Crippen MR) is 75.9 cm³/mol. The number of aromatic amines is 1. The van der Waals surface area contributed by atoms with Gasteiger partial charge in [-0.2, -0.15) is 0 Å². The molecule has 112 valence electrons. The van der Waals surface area contributed by atoms with Crippen LogP contribution in [0.25, 0.3) is 0 Å². The number of H-pyrrole nitrogens is 1. The van der Waals surface area contributed by atoms with Crippen LogP contribution in [0.4, 0.5) is 4.79 Å². The first-order chi connectivity index (χ1) is 9.49. The molecule has 1 atom stereocenters. The Morgan fingerprint density at radius 3 is 2.75 bits per heavy atom. The minimum atomic E-state index is -0.679. The lowest BCUT2D eigenvalue weighted by atomic mass is 10.0. The summed E-state index contributed by atoms with van der Waals surface area (Å²) in [5, 5.41) is 5.28. The van der Waals surface area contributed by atoms with Crippen molar-refractivity contribution in [2.75, 3.05) is 6.54 Å². The van der Waals surface area contributed by atoms with Crippen molar-refractivity contribution in [3.63, 3.8) is 0 Å². The molecule has 0 spiro atoms. The molecule has 1 aromatic rings. The molecule has 1 unspecified atom stereocenters. The third kappa shape index (κ3) is 6.21. The molecule has 0 saturated carbocycles. The van der Waals surface area contributed by atoms with E-state index >= 15 is 0 Å². The van der Waals surface area contributed by atoms with Gasteiger partial charge in [0, 0.05) is 25.4 Å². The number of primary amides is 1. The first kappa shape index (κ1) is 16.0. The average Bonchev–Trinajstić information content (AvgIpc) is 2.85. The van der Waals surface area contributed by atoms with E-state index in [9.17, 15) is 9.59 Å². The highest BCUT2D eigenvalue weighted by Gasteiger charge is 2.20. The molecule has 0 bridgehead atoms. The van der Waals surface area contributed by atoms with Crippen molar-refractivity contribution in [3.8, 4) is 0 Å². The summed E-state index contributed by atoms with van der Waals surface area (Å²) in [5.41, 5.74) is 5.08. The van der Waals surface area contributed by atoms with Gasteiger partial charge in [-0.15, -0.1) is 0 Å². The first-order valence-electron chi connectivity index (χ1n) is 6.81. The number of imidazole rings is 1. The molecule has 0 radical (unpaired) electrons. The minimum Gasteiger partial charge on any atom is -0.354 e. The number of aryl methyl sites for hydroxylation is 1. The van der Waals surface area contributed by atoms with Crippen LogP contribution in [0.15, 0.2) is 12.4 Å². The SMILES string of the molecule is CC(C)CC(NC(N)=O)C(=O)NCCCc1ncc[nH]1. The van der Waals surface area contributed by atoms with E-state index in [1.54, 1.807) is 12.4 Å². The number of nitrogens with zero attached hydrogens (tertiary/aromatic N) is 1. The van der Waals surface area contributed by atoms with E-state index in [0.29, 0.717) is 18.9 Å². The summed E-state index contributed by atoms with van der Waals surface area (Å²) in [6, 6.07) is -1.25. The van der Waals surface area contributed by atoms with Crippen LogP contribution in [-0.4, -0.2) is 34.5 Å². The molecule has 1 rings (SSSR count). The van der Waals surface area contributed by atoms with E-state index in [-0.39, 0.29) is 5.91 Å². The fourth-order valence-corrected chi connectivity index (χ4v) is 1.90. The number of nitrogens with two attached hydrogens (primary N) is 1. The van der Waals surface area contributed by atoms with Crippen LogP contribution in [0, 0.1) is 5.92 Å². The molecule has 5 N–H and O–H groups in total. The second-order valence-corrected chi connectivity index (χ2v) is 5.12. The highest BCUT2D eigenvalue weighted by molar-refractivity contribution is 5.86. The van der Waals surface area contributed by atoms with Crippen molar-refractivity contribution in [3.05, 3.63) is 18.2 Å². The van der Waals surface area contributed by atoms with Gasteiger partial charge in [-0.3, -0.25) is 4.79 Å². The average molecular weight is 281 g/mol. The molecular formula is C13H23N5O2. The van der Waals surface area contributed by atoms with Crippen molar-refractivity contribution in [2.24, 2.45) is 11.7 Å². The Labute approximate surface area is 118 Å². The van der Waals surface area contributed by atoms with Crippen LogP contribution in [0.5, 0.6) is 0 Å². The summed E-state index contributed by atoms with van der Waals surface area (Å²) >= 11 is 0. The van der Waals surface area contributed by atoms with Crippen LogP contribution in [0.2, 0.25) is 0 Å². The van der Waals surface area contributed by atoms with Gasteiger partial charge in [0.05, 0.1) is 0 Å². The Hall–Kier alpha value is -2.05. The summed E-state index contributed by atoms with van der Waals surface area (Å²) in [6.07, 6.45) is 5.58. The van der Waals surface area contributed by atoms with Crippen LogP contribution in [0.1, 0.15) is 32.5 Å². The Morgan fingerprint density at radius 2 is 2.20 bits per heavy atom. The summed E-state index contributed by atoms with van der Waals surface area (Å²) in [4.78, 5) is 30.0. The fourth-order valence-electron chi connectivity index (χ4n) is 1.90. The van der Waals surface area contributed by atoms with Crippen LogP contribution >= 0.6 is 0 Å². The van der Waals surface area contributed by atoms with Crippen molar-refractivity contribution >= 4 is 11.9 Å². The maximum absolute atomic E-state index is 12.0. The number of aromatic nitrogens is 2. The molecule has 0 aliphatic carbocycles. The maximum atomic E-state index is 12.0. The maximum Gasteiger partial charge on any atom is 0.312 e. The largest absolute Gasteiger partial charge is 0.354 e. The van der Waals surface area contributed by atoms with Gasteiger partial charge in [-0.25, -0.2) is 9.78 Å². The Kier molecular flexibility index (Phi) is 6.55. The quantitative estimate of drug-likeness (QED) is 0.521. The Morgan fingerprint density at radius 1 is 1.45 bits per heavy atom. The van der Waals surface area contributed by atoms with Crippen molar-refractivity contribution in [1.82, 2.24) is 20.6 Å². The van der Waals surface area contributed by atoms with Crippen molar-refractivity contribution < 1.29 is 9.59 Å². The van der Waals surface area contributed by atoms with Crippen molar-refractivity contribution in [1.29, 1.82) is 0 Å². The van der Waals surface area contributed by atoms with Gasteiger partial charge in [-0.1, -0.05) is 13.8 Å². The van der Waals surface area contributed by atoms with E-state index in [2.05, 4.69) is 20.6 Å². The topological polar surface area (TPSA) is 113 Å². The number of nitrogens with one attached hydrogen (secondary N) is 3. The minimum absolute atomic E-state index is 0.197. The molecule has 20 heavy (non-hydrogen) atoms. The lowest BCUT2D eigenvalue weighted by Crippen LogP contribution is -2.49. The smallest absolute Gasteiger partial charge is 0.312 e. The molecule has 0 saturated heterocycles. The molecule has 0 aliphatic heterocycles. The van der Waals surface area contributed by atoms with E-state index in [1.165, 1.54) is 0 Å². The number of rotatable bonds is 8. The molecule has 3 amide bonds. The lowest BCUT2D eigenvalue weighted by molar-refractivity contribution is -0.123. The second kappa shape index (κ2) is 8.19. The van der Waals surface area contributed by atoms with E-state index in [0.717, 1.165) is 18.7 Å². The highest BCUT2D eigenvalue weighted by Crippen LogP contribution is 2.05. The molecule has 1 aromatic heterocycles. The second-order valence-electron chi connectivity index (χ2n) is 5.12. The van der Waals surface area contributed by atoms with E-state index < -0.39 is 12.1 Å². The summed E-state index contributed by atoms with van der Waals surface area (Å²) in [5.74, 6) is 0.992. The molecule has 0 fully saturated rings. The third-order valence-electron chi connectivity index (χ3n) is 2.78. The molecule has 1 heterocycles. The zero-order valence-electron chi connectivity index (χ0n) is 12.0. The fraction of sp³-hybridized carbons (Fsp3) is 0.615. The monoisotopic (exact) mass is 281 g/mol. The first-order valence-corrected chi connectivity index (χ1v) is 6.81. The van der Waals surface area contributed by atoms with Gasteiger partial charge in [0.1, 0.15) is 11.9 Å². The number of urea groups is 1. The van der Waals surface area contributed by atoms with Crippen LogP contribution in [-0.2, 0) is 11.2 Å². The Bertz CT molecular complexity index is 416. The van der Waals surface area contributed by atoms with E-state index in [4.69, 9.17) is 5.73 Å². The molecule has 7 heteroatoms. The highest BCUT2D eigenvalue weighted by atomic mass is 16.2. The number of carbonyl (C=O) groups is 2. The number of amides is 3. The molecular weight excluding hydrogens is 258 g/mol. The van der Waals surface area contributed by atoms with Crippen molar-refractivity contribution in [2.45, 2.75) is 39.2 Å². The predicted octanol–water partition coefficient (Wildman–Crippen LogP) is 0.542. The zero-order chi connectivity index (χ0) is 15.0. The van der Waals surface area contributed by atoms with Gasteiger partial charge in [0.15, 0.2) is 0 Å². The third-order valence-corrected chi connectivity index (χ3v) is 2.78. The van der Waals surface area contributed by atoms with Gasteiger partial charge in [0.2, 0.25) is 5.91 Å². The zero-order valence-corrected chi connectivity index (χ0v) is 12.0. The van der Waals surface area contributed by atoms with Crippen LogP contribution in [0.3, 0.4) is 0 Å². The van der Waals surface area contributed by atoms with Crippen LogP contribution < -0.4 is 16.4 Å². The van der Waals surface area contributed by atoms with Gasteiger partial charge < -0.3 is 21.4 Å². The molecule has 7 nitrogen and oxygen atoms in total. The van der Waals surface area contributed by atoms with Gasteiger partial charge in [0.25, 0.3) is 0 Å². The van der Waals surface area contributed by atoms with Gasteiger partial charge in [-0.05, 0) is 18.8 Å². The van der Waals surface area contributed by atoms with Gasteiger partial charge >= 0.3 is 6.03 Å².